The first-order valence-corrected chi connectivity index (χ1v) is 9.50. The second-order valence-electron chi connectivity index (χ2n) is 7.23. The molecule has 2 bridgehead atoms. The van der Waals surface area contributed by atoms with Crippen molar-refractivity contribution in [1.29, 1.82) is 0 Å². The average Bonchev–Trinajstić information content (AvgIpc) is 2.50. The average molecular weight is 395 g/mol. The molecule has 0 N–H and O–H groups in total. The third kappa shape index (κ3) is 2.48. The van der Waals surface area contributed by atoms with Crippen molar-refractivity contribution in [1.82, 2.24) is 0 Å². The van der Waals surface area contributed by atoms with Crippen molar-refractivity contribution in [2.45, 2.75) is 50.7 Å². The predicted octanol–water partition coefficient (Wildman–Crippen LogP) is 4.02. The number of esters is 1. The summed E-state index contributed by atoms with van der Waals surface area (Å²) in [5.74, 6) is 1.53. The van der Waals surface area contributed by atoms with Gasteiger partial charge >= 0.3 is 5.97 Å². The molecule has 3 aliphatic carbocycles. The molecule has 1 saturated heterocycles. The van der Waals surface area contributed by atoms with E-state index >= 15 is 0 Å². The highest BCUT2D eigenvalue weighted by molar-refractivity contribution is 9.11. The third-order valence-electron chi connectivity index (χ3n) is 5.87. The molecule has 4 nitrogen and oxygen atoms in total. The quantitative estimate of drug-likeness (QED) is 0.663. The minimum absolute atomic E-state index is 0.215. The summed E-state index contributed by atoms with van der Waals surface area (Å²) in [6.45, 7) is 2.29. The fourth-order valence-electron chi connectivity index (χ4n) is 4.72. The maximum Gasteiger partial charge on any atom is 0.303 e. The Morgan fingerprint density at radius 3 is 2.96 bits per heavy atom. The van der Waals surface area contributed by atoms with Crippen molar-refractivity contribution < 1.29 is 19.0 Å². The van der Waals surface area contributed by atoms with Gasteiger partial charge in [-0.2, -0.15) is 0 Å². The van der Waals surface area contributed by atoms with E-state index < -0.39 is 5.60 Å². The summed E-state index contributed by atoms with van der Waals surface area (Å²) >= 11 is 3.78. The van der Waals surface area contributed by atoms with Gasteiger partial charge in [0.25, 0.3) is 0 Å². The van der Waals surface area contributed by atoms with Crippen LogP contribution in [-0.2, 0) is 19.0 Å². The highest BCUT2D eigenvalue weighted by Crippen LogP contribution is 2.53. The van der Waals surface area contributed by atoms with Gasteiger partial charge in [0.05, 0.1) is 19.8 Å². The number of fused-ring (bicyclic) bond motifs is 4. The van der Waals surface area contributed by atoms with E-state index in [-0.39, 0.29) is 5.97 Å². The maximum atomic E-state index is 11.8. The lowest BCUT2D eigenvalue weighted by Gasteiger charge is -2.50. The van der Waals surface area contributed by atoms with Crippen LogP contribution in [0.5, 0.6) is 0 Å². The summed E-state index contributed by atoms with van der Waals surface area (Å²) in [7, 11) is 1.74. The van der Waals surface area contributed by atoms with Gasteiger partial charge in [-0.05, 0) is 55.2 Å². The molecule has 0 amide bonds. The number of rotatable bonds is 2. The topological polar surface area (TPSA) is 44.8 Å². The van der Waals surface area contributed by atoms with Crippen LogP contribution in [-0.4, -0.2) is 31.4 Å². The Morgan fingerprint density at radius 2 is 2.29 bits per heavy atom. The van der Waals surface area contributed by atoms with E-state index in [1.807, 2.05) is 0 Å². The normalized spacial score (nSPS) is 39.9. The van der Waals surface area contributed by atoms with Crippen LogP contribution in [0.3, 0.4) is 0 Å². The molecule has 0 radical (unpaired) electrons. The van der Waals surface area contributed by atoms with E-state index in [2.05, 4.69) is 28.1 Å². The Bertz CT molecular complexity index is 662. The zero-order valence-electron chi connectivity index (χ0n) is 14.1. The number of allylic oxidation sites excluding steroid dienone is 3. The fraction of sp³-hybridized carbons (Fsp3) is 0.632. The number of halogens is 1. The monoisotopic (exact) mass is 394 g/mol. The van der Waals surface area contributed by atoms with Crippen LogP contribution in [0.15, 0.2) is 33.5 Å². The highest BCUT2D eigenvalue weighted by Gasteiger charge is 2.51. The summed E-state index contributed by atoms with van der Waals surface area (Å²) in [5, 5.41) is 0. The largest absolute Gasteiger partial charge is 0.496 e. The lowest BCUT2D eigenvalue weighted by atomic mass is 9.66. The molecular weight excluding hydrogens is 372 g/mol. The molecule has 24 heavy (non-hydrogen) atoms. The summed E-state index contributed by atoms with van der Waals surface area (Å²) in [6, 6.07) is 0. The fourth-order valence-corrected chi connectivity index (χ4v) is 5.47. The first kappa shape index (κ1) is 16.4. The molecular formula is C19H23BrO4. The zero-order chi connectivity index (χ0) is 16.9. The number of ether oxygens (including phenoxy) is 3. The smallest absolute Gasteiger partial charge is 0.303 e. The number of hydrogen-bond donors (Lipinski definition) is 0. The standard InChI is InChI=1S/C19H23BrO4/c1-11(21)24-19-7-3-4-12(18(19)20)8-17(22-2)13-5-6-16-15(10-23-16)14(13)9-19/h5,8,14-16H,3-4,6-7,9-10H2,1-2H3/b17-8+/t14-,15-,16+,19+/m0/s1. The Balaban J connectivity index is 1.84. The van der Waals surface area contributed by atoms with Gasteiger partial charge in [-0.15, -0.1) is 0 Å². The van der Waals surface area contributed by atoms with Gasteiger partial charge in [-0.3, -0.25) is 4.79 Å². The van der Waals surface area contributed by atoms with Gasteiger partial charge in [0.15, 0.2) is 0 Å². The van der Waals surface area contributed by atoms with Crippen molar-refractivity contribution in [2.75, 3.05) is 13.7 Å². The van der Waals surface area contributed by atoms with E-state index in [0.29, 0.717) is 17.9 Å². The molecule has 4 rings (SSSR count). The SMILES string of the molecule is CO/C1=C/C2=C(Br)[C@@](OC(C)=O)(CCC2)C[C@H]2C1=CC[C@H]1OC[C@H]12. The second kappa shape index (κ2) is 6.03. The van der Waals surface area contributed by atoms with Crippen molar-refractivity contribution in [3.05, 3.63) is 33.5 Å². The number of carbonyl (C=O) groups is 1. The Hall–Kier alpha value is -1.07. The molecule has 0 aromatic rings. The third-order valence-corrected chi connectivity index (χ3v) is 7.11. The van der Waals surface area contributed by atoms with E-state index in [9.17, 15) is 4.79 Å². The lowest BCUT2D eigenvalue weighted by molar-refractivity contribution is -0.163. The molecule has 4 aliphatic rings. The van der Waals surface area contributed by atoms with E-state index in [0.717, 1.165) is 49.0 Å². The van der Waals surface area contributed by atoms with Crippen LogP contribution in [0.4, 0.5) is 0 Å². The first-order valence-electron chi connectivity index (χ1n) is 8.70. The van der Waals surface area contributed by atoms with Gasteiger partial charge in [0.1, 0.15) is 11.4 Å². The first-order chi connectivity index (χ1) is 11.5. The van der Waals surface area contributed by atoms with Crippen LogP contribution in [0.1, 0.15) is 39.0 Å². The minimum Gasteiger partial charge on any atom is -0.496 e. The molecule has 4 atom stereocenters. The molecule has 1 aliphatic heterocycles. The molecule has 0 spiro atoms. The van der Waals surface area contributed by atoms with E-state index in [4.69, 9.17) is 14.2 Å². The van der Waals surface area contributed by atoms with Crippen LogP contribution < -0.4 is 0 Å². The molecule has 1 heterocycles. The minimum atomic E-state index is -0.545. The highest BCUT2D eigenvalue weighted by atomic mass is 79.9. The Labute approximate surface area is 151 Å². The van der Waals surface area contributed by atoms with Gasteiger partial charge in [-0.1, -0.05) is 22.0 Å². The van der Waals surface area contributed by atoms with Crippen LogP contribution >= 0.6 is 15.9 Å². The molecule has 130 valence electrons. The van der Waals surface area contributed by atoms with Crippen LogP contribution in [0.25, 0.3) is 0 Å². The van der Waals surface area contributed by atoms with Gasteiger partial charge < -0.3 is 14.2 Å². The van der Waals surface area contributed by atoms with Crippen LogP contribution in [0.2, 0.25) is 0 Å². The summed E-state index contributed by atoms with van der Waals surface area (Å²) < 4.78 is 18.4. The summed E-state index contributed by atoms with van der Waals surface area (Å²) in [4.78, 5) is 11.8. The lowest BCUT2D eigenvalue weighted by Crippen LogP contribution is -2.51. The second-order valence-corrected chi connectivity index (χ2v) is 8.03. The molecule has 5 heteroatoms. The number of carbonyl (C=O) groups excluding carboxylic acids is 1. The molecule has 0 saturated carbocycles. The molecule has 0 aromatic carbocycles. The summed E-state index contributed by atoms with van der Waals surface area (Å²) in [6.07, 6.45) is 9.30. The molecule has 1 fully saturated rings. The zero-order valence-corrected chi connectivity index (χ0v) is 15.7. The molecule has 0 aromatic heterocycles. The summed E-state index contributed by atoms with van der Waals surface area (Å²) in [5.41, 5.74) is 1.90. The van der Waals surface area contributed by atoms with Crippen molar-refractivity contribution in [3.8, 4) is 0 Å². The Kier molecular flexibility index (Phi) is 4.12. The number of methoxy groups -OCH3 is 1. The van der Waals surface area contributed by atoms with Crippen LogP contribution in [0, 0.1) is 11.8 Å². The van der Waals surface area contributed by atoms with Crippen molar-refractivity contribution in [3.63, 3.8) is 0 Å². The number of hydrogen-bond acceptors (Lipinski definition) is 4. The van der Waals surface area contributed by atoms with Gasteiger partial charge in [0.2, 0.25) is 0 Å². The van der Waals surface area contributed by atoms with Gasteiger partial charge in [-0.25, -0.2) is 0 Å². The van der Waals surface area contributed by atoms with E-state index in [1.54, 1.807) is 7.11 Å². The Morgan fingerprint density at radius 1 is 1.46 bits per heavy atom. The van der Waals surface area contributed by atoms with E-state index in [1.165, 1.54) is 18.1 Å². The van der Waals surface area contributed by atoms with Gasteiger partial charge in [0, 0.05) is 17.3 Å². The molecule has 0 unspecified atom stereocenters. The van der Waals surface area contributed by atoms with Crippen molar-refractivity contribution >= 4 is 21.9 Å². The maximum absolute atomic E-state index is 11.8. The predicted molar refractivity (Wildman–Crippen MR) is 93.4 cm³/mol. The van der Waals surface area contributed by atoms with Crippen molar-refractivity contribution in [2.24, 2.45) is 11.8 Å².